The zero-order valence-corrected chi connectivity index (χ0v) is 12.6. The number of H-pyrrole nitrogens is 1. The highest BCUT2D eigenvalue weighted by Crippen LogP contribution is 2.25. The number of aromatic nitrogens is 2. The van der Waals surface area contributed by atoms with Gasteiger partial charge in [-0.15, -0.1) is 11.8 Å². The van der Waals surface area contributed by atoms with Crippen LogP contribution >= 0.6 is 11.8 Å². The first-order valence-corrected chi connectivity index (χ1v) is 7.89. The Morgan fingerprint density at radius 1 is 1.05 bits per heavy atom. The molecular weight excluding hydrogens is 264 g/mol. The van der Waals surface area contributed by atoms with Crippen LogP contribution in [0.15, 0.2) is 53.4 Å². The second-order valence-electron chi connectivity index (χ2n) is 5.33. The van der Waals surface area contributed by atoms with Crippen molar-refractivity contribution in [3.05, 3.63) is 48.5 Å². The quantitative estimate of drug-likeness (QED) is 0.684. The van der Waals surface area contributed by atoms with Crippen molar-refractivity contribution in [1.29, 1.82) is 0 Å². The molecule has 0 radical (unpaired) electrons. The molecular formula is C17H18N2S. The molecule has 0 atom stereocenters. The summed E-state index contributed by atoms with van der Waals surface area (Å²) in [5.74, 6) is 2.81. The molecule has 0 fully saturated rings. The van der Waals surface area contributed by atoms with Gasteiger partial charge in [0.25, 0.3) is 0 Å². The maximum atomic E-state index is 4.62. The Balaban J connectivity index is 1.83. The molecule has 0 saturated heterocycles. The van der Waals surface area contributed by atoms with Gasteiger partial charge in [0, 0.05) is 16.2 Å². The maximum Gasteiger partial charge on any atom is 0.138 e. The molecule has 0 spiro atoms. The van der Waals surface area contributed by atoms with Crippen LogP contribution in [0.1, 0.15) is 13.8 Å². The van der Waals surface area contributed by atoms with Gasteiger partial charge in [-0.3, -0.25) is 0 Å². The number of hydrogen-bond acceptors (Lipinski definition) is 2. The van der Waals surface area contributed by atoms with Gasteiger partial charge in [0.1, 0.15) is 5.82 Å². The highest BCUT2D eigenvalue weighted by molar-refractivity contribution is 7.99. The molecule has 2 aromatic carbocycles. The number of thioether (sulfide) groups is 1. The molecule has 1 heterocycles. The first-order valence-electron chi connectivity index (χ1n) is 6.90. The van der Waals surface area contributed by atoms with Gasteiger partial charge in [0.2, 0.25) is 0 Å². The lowest BCUT2D eigenvalue weighted by atomic mass is 10.2. The number of fused-ring (bicyclic) bond motifs is 1. The highest BCUT2D eigenvalue weighted by atomic mass is 32.2. The van der Waals surface area contributed by atoms with Crippen LogP contribution in [0.3, 0.4) is 0 Å². The van der Waals surface area contributed by atoms with Gasteiger partial charge in [-0.2, -0.15) is 0 Å². The van der Waals surface area contributed by atoms with Crippen molar-refractivity contribution in [2.75, 3.05) is 5.75 Å². The predicted octanol–water partition coefficient (Wildman–Crippen LogP) is 4.98. The Bertz CT molecular complexity index is 665. The second kappa shape index (κ2) is 5.71. The van der Waals surface area contributed by atoms with Gasteiger partial charge in [0.15, 0.2) is 0 Å². The average Bonchev–Trinajstić information content (AvgIpc) is 2.89. The summed E-state index contributed by atoms with van der Waals surface area (Å²) in [6, 6.07) is 16.8. The van der Waals surface area contributed by atoms with E-state index in [4.69, 9.17) is 0 Å². The Hall–Kier alpha value is -1.74. The van der Waals surface area contributed by atoms with Crippen LogP contribution in [0.2, 0.25) is 0 Å². The van der Waals surface area contributed by atoms with Crippen molar-refractivity contribution in [2.24, 2.45) is 5.92 Å². The molecule has 3 heteroatoms. The van der Waals surface area contributed by atoms with Crippen molar-refractivity contribution in [3.8, 4) is 11.4 Å². The van der Waals surface area contributed by atoms with Crippen LogP contribution < -0.4 is 0 Å². The largest absolute Gasteiger partial charge is 0.338 e. The van der Waals surface area contributed by atoms with Gasteiger partial charge in [-0.05, 0) is 30.2 Å². The summed E-state index contributed by atoms with van der Waals surface area (Å²) in [5, 5.41) is 0. The van der Waals surface area contributed by atoms with Crippen LogP contribution in [-0.2, 0) is 0 Å². The number of nitrogens with zero attached hydrogens (tertiary/aromatic N) is 1. The lowest BCUT2D eigenvalue weighted by Crippen LogP contribution is -1.89. The normalized spacial score (nSPS) is 11.3. The lowest BCUT2D eigenvalue weighted by molar-refractivity contribution is 0.750. The Kier molecular flexibility index (Phi) is 3.79. The monoisotopic (exact) mass is 282 g/mol. The topological polar surface area (TPSA) is 28.7 Å². The first kappa shape index (κ1) is 13.3. The Morgan fingerprint density at radius 2 is 1.80 bits per heavy atom. The number of imidazole rings is 1. The number of nitrogens with one attached hydrogen (secondary N) is 1. The highest BCUT2D eigenvalue weighted by Gasteiger charge is 2.05. The van der Waals surface area contributed by atoms with Gasteiger partial charge in [-0.25, -0.2) is 4.98 Å². The summed E-state index contributed by atoms with van der Waals surface area (Å²) in [5.41, 5.74) is 3.23. The van der Waals surface area contributed by atoms with E-state index in [2.05, 4.69) is 54.1 Å². The van der Waals surface area contributed by atoms with Crippen LogP contribution in [0, 0.1) is 5.92 Å². The van der Waals surface area contributed by atoms with Crippen molar-refractivity contribution < 1.29 is 0 Å². The van der Waals surface area contributed by atoms with Crippen molar-refractivity contribution in [3.63, 3.8) is 0 Å². The van der Waals surface area contributed by atoms with E-state index in [1.807, 2.05) is 30.0 Å². The molecule has 1 aromatic heterocycles. The van der Waals surface area contributed by atoms with E-state index < -0.39 is 0 Å². The zero-order chi connectivity index (χ0) is 13.9. The molecule has 0 saturated carbocycles. The van der Waals surface area contributed by atoms with E-state index in [9.17, 15) is 0 Å². The molecule has 3 aromatic rings. The molecule has 0 amide bonds. The van der Waals surface area contributed by atoms with E-state index in [-0.39, 0.29) is 0 Å². The van der Waals surface area contributed by atoms with E-state index in [0.717, 1.165) is 34.1 Å². The molecule has 3 rings (SSSR count). The second-order valence-corrected chi connectivity index (χ2v) is 6.43. The fraction of sp³-hybridized carbons (Fsp3) is 0.235. The minimum Gasteiger partial charge on any atom is -0.338 e. The molecule has 102 valence electrons. The fourth-order valence-corrected chi connectivity index (χ4v) is 2.92. The van der Waals surface area contributed by atoms with E-state index in [1.54, 1.807) is 0 Å². The number of aromatic amines is 1. The third kappa shape index (κ3) is 2.88. The summed E-state index contributed by atoms with van der Waals surface area (Å²) in [6.45, 7) is 4.49. The summed E-state index contributed by atoms with van der Waals surface area (Å²) < 4.78 is 0. The molecule has 1 N–H and O–H groups in total. The first-order chi connectivity index (χ1) is 9.72. The van der Waals surface area contributed by atoms with Gasteiger partial charge >= 0.3 is 0 Å². The van der Waals surface area contributed by atoms with Crippen LogP contribution in [0.4, 0.5) is 0 Å². The van der Waals surface area contributed by atoms with Crippen molar-refractivity contribution in [1.82, 2.24) is 9.97 Å². The molecule has 20 heavy (non-hydrogen) atoms. The fourth-order valence-electron chi connectivity index (χ4n) is 2.06. The predicted molar refractivity (Wildman–Crippen MR) is 87.1 cm³/mol. The zero-order valence-electron chi connectivity index (χ0n) is 11.8. The van der Waals surface area contributed by atoms with E-state index in [1.165, 1.54) is 4.90 Å². The molecule has 0 aliphatic rings. The third-order valence-electron chi connectivity index (χ3n) is 3.10. The summed E-state index contributed by atoms with van der Waals surface area (Å²) in [6.07, 6.45) is 0. The minimum absolute atomic E-state index is 0.718. The number of para-hydroxylation sites is 2. The molecule has 2 nitrogen and oxygen atoms in total. The van der Waals surface area contributed by atoms with Crippen LogP contribution in [0.5, 0.6) is 0 Å². The van der Waals surface area contributed by atoms with Gasteiger partial charge in [0.05, 0.1) is 11.0 Å². The van der Waals surface area contributed by atoms with E-state index in [0.29, 0.717) is 0 Å². The standard InChI is InChI=1S/C17H18N2S/c1-12(2)11-20-14-9-7-13(8-10-14)17-18-15-5-3-4-6-16(15)19-17/h3-10,12H,11H2,1-2H3,(H,18,19). The molecule has 0 aliphatic heterocycles. The van der Waals surface area contributed by atoms with Gasteiger partial charge in [-0.1, -0.05) is 38.1 Å². The molecule has 0 unspecified atom stereocenters. The number of benzene rings is 2. The van der Waals surface area contributed by atoms with Crippen LogP contribution in [0.25, 0.3) is 22.4 Å². The third-order valence-corrected chi connectivity index (χ3v) is 4.54. The molecule has 0 aliphatic carbocycles. The molecule has 0 bridgehead atoms. The maximum absolute atomic E-state index is 4.62. The summed E-state index contributed by atoms with van der Waals surface area (Å²) in [7, 11) is 0. The van der Waals surface area contributed by atoms with Gasteiger partial charge < -0.3 is 4.98 Å². The SMILES string of the molecule is CC(C)CSc1ccc(-c2nc3ccccc3[nH]2)cc1. The number of rotatable bonds is 4. The van der Waals surface area contributed by atoms with Crippen molar-refractivity contribution >= 4 is 22.8 Å². The summed E-state index contributed by atoms with van der Waals surface area (Å²) >= 11 is 1.91. The minimum atomic E-state index is 0.718. The van der Waals surface area contributed by atoms with E-state index >= 15 is 0 Å². The van der Waals surface area contributed by atoms with Crippen molar-refractivity contribution in [2.45, 2.75) is 18.7 Å². The Morgan fingerprint density at radius 3 is 2.50 bits per heavy atom. The lowest BCUT2D eigenvalue weighted by Gasteiger charge is -2.05. The average molecular weight is 282 g/mol. The Labute approximate surface area is 123 Å². The smallest absolute Gasteiger partial charge is 0.138 e. The van der Waals surface area contributed by atoms with Crippen LogP contribution in [-0.4, -0.2) is 15.7 Å². The number of hydrogen-bond donors (Lipinski definition) is 1. The summed E-state index contributed by atoms with van der Waals surface area (Å²) in [4.78, 5) is 9.31.